The lowest BCUT2D eigenvalue weighted by atomic mass is 9.95. The number of carbonyl (C=O) groups excluding carboxylic acids is 1. The molecule has 0 spiro atoms. The summed E-state index contributed by atoms with van der Waals surface area (Å²) in [7, 11) is 1.29. The van der Waals surface area contributed by atoms with Crippen molar-refractivity contribution >= 4 is 5.97 Å². The fourth-order valence-electron chi connectivity index (χ4n) is 2.69. The van der Waals surface area contributed by atoms with Gasteiger partial charge in [0.25, 0.3) is 0 Å². The number of carbonyl (C=O) groups is 1. The van der Waals surface area contributed by atoms with Gasteiger partial charge in [-0.1, -0.05) is 0 Å². The number of hydrogen-bond acceptors (Lipinski definition) is 4. The Bertz CT molecular complexity index is 346. The molecule has 0 aromatic carbocycles. The highest BCUT2D eigenvalue weighted by atomic mass is 19.4. The normalized spacial score (nSPS) is 23.6. The van der Waals surface area contributed by atoms with Crippen LogP contribution in [0.15, 0.2) is 0 Å². The van der Waals surface area contributed by atoms with Crippen LogP contribution in [0.5, 0.6) is 0 Å². The van der Waals surface area contributed by atoms with Crippen molar-refractivity contribution < 1.29 is 22.7 Å². The average molecular weight is 310 g/mol. The van der Waals surface area contributed by atoms with E-state index in [9.17, 15) is 18.0 Å². The summed E-state index contributed by atoms with van der Waals surface area (Å²) in [6, 6.07) is 0. The summed E-state index contributed by atoms with van der Waals surface area (Å²) in [4.78, 5) is 13.3. The Morgan fingerprint density at radius 2 is 2.05 bits per heavy atom. The SMILES string of the molecule is COC(=O)C(C)(N)CCCCN1CCCC(C(F)(F)F)C1. The number of alkyl halides is 3. The van der Waals surface area contributed by atoms with Gasteiger partial charge >= 0.3 is 12.1 Å². The van der Waals surface area contributed by atoms with E-state index >= 15 is 0 Å². The Labute approximate surface area is 123 Å². The summed E-state index contributed by atoms with van der Waals surface area (Å²) in [5.41, 5.74) is 4.81. The number of unbranched alkanes of at least 4 members (excludes halogenated alkanes) is 1. The van der Waals surface area contributed by atoms with Crippen LogP contribution in [0.2, 0.25) is 0 Å². The Balaban J connectivity index is 2.28. The second-order valence-corrected chi connectivity index (χ2v) is 6.05. The lowest BCUT2D eigenvalue weighted by Gasteiger charge is -2.33. The Hall–Kier alpha value is -0.820. The summed E-state index contributed by atoms with van der Waals surface area (Å²) in [5.74, 6) is -1.67. The number of piperidine rings is 1. The minimum Gasteiger partial charge on any atom is -0.468 e. The van der Waals surface area contributed by atoms with Crippen LogP contribution in [0.1, 0.15) is 39.0 Å². The highest BCUT2D eigenvalue weighted by Crippen LogP contribution is 2.33. The zero-order valence-corrected chi connectivity index (χ0v) is 12.7. The molecule has 0 radical (unpaired) electrons. The minimum absolute atomic E-state index is 0.0837. The zero-order chi connectivity index (χ0) is 16.1. The fraction of sp³-hybridized carbons (Fsp3) is 0.929. The number of nitrogens with zero attached hydrogens (tertiary/aromatic N) is 1. The maximum atomic E-state index is 12.7. The van der Waals surface area contributed by atoms with Gasteiger partial charge in [-0.3, -0.25) is 4.79 Å². The van der Waals surface area contributed by atoms with Crippen LogP contribution in [-0.2, 0) is 9.53 Å². The van der Waals surface area contributed by atoms with E-state index < -0.39 is 23.6 Å². The zero-order valence-electron chi connectivity index (χ0n) is 12.7. The topological polar surface area (TPSA) is 55.6 Å². The van der Waals surface area contributed by atoms with Gasteiger partial charge < -0.3 is 15.4 Å². The van der Waals surface area contributed by atoms with Crippen LogP contribution >= 0.6 is 0 Å². The van der Waals surface area contributed by atoms with E-state index in [0.717, 1.165) is 6.42 Å². The summed E-state index contributed by atoms with van der Waals surface area (Å²) < 4.78 is 42.7. The molecule has 0 saturated carbocycles. The lowest BCUT2D eigenvalue weighted by molar-refractivity contribution is -0.186. The van der Waals surface area contributed by atoms with Crippen molar-refractivity contribution in [2.75, 3.05) is 26.7 Å². The highest BCUT2D eigenvalue weighted by Gasteiger charge is 2.41. The fourth-order valence-corrected chi connectivity index (χ4v) is 2.69. The second-order valence-electron chi connectivity index (χ2n) is 6.05. The van der Waals surface area contributed by atoms with E-state index in [4.69, 9.17) is 5.73 Å². The highest BCUT2D eigenvalue weighted by molar-refractivity contribution is 5.79. The number of methoxy groups -OCH3 is 1. The molecule has 2 atom stereocenters. The molecule has 0 bridgehead atoms. The quantitative estimate of drug-likeness (QED) is 0.604. The number of likely N-dealkylation sites (tertiary alicyclic amines) is 1. The molecule has 2 unspecified atom stereocenters. The van der Waals surface area contributed by atoms with Crippen molar-refractivity contribution in [2.45, 2.75) is 50.7 Å². The van der Waals surface area contributed by atoms with Crippen LogP contribution < -0.4 is 5.73 Å². The molecule has 0 amide bonds. The van der Waals surface area contributed by atoms with Crippen molar-refractivity contribution in [3.05, 3.63) is 0 Å². The van der Waals surface area contributed by atoms with Gasteiger partial charge in [0, 0.05) is 6.54 Å². The van der Waals surface area contributed by atoms with E-state index in [1.165, 1.54) is 7.11 Å². The molecule has 2 N–H and O–H groups in total. The van der Waals surface area contributed by atoms with Gasteiger partial charge in [-0.2, -0.15) is 13.2 Å². The summed E-state index contributed by atoms with van der Waals surface area (Å²) in [5, 5.41) is 0. The third-order valence-corrected chi connectivity index (χ3v) is 4.04. The first-order valence-electron chi connectivity index (χ1n) is 7.33. The maximum absolute atomic E-state index is 12.7. The largest absolute Gasteiger partial charge is 0.468 e. The van der Waals surface area contributed by atoms with Crippen LogP contribution in [-0.4, -0.2) is 49.3 Å². The maximum Gasteiger partial charge on any atom is 0.393 e. The molecular weight excluding hydrogens is 285 g/mol. The first-order valence-corrected chi connectivity index (χ1v) is 7.33. The molecule has 1 rings (SSSR count). The molecule has 1 heterocycles. The predicted molar refractivity (Wildman–Crippen MR) is 73.7 cm³/mol. The molecular formula is C14H25F3N2O2. The summed E-state index contributed by atoms with van der Waals surface area (Å²) >= 11 is 0. The molecule has 0 aliphatic carbocycles. The van der Waals surface area contributed by atoms with E-state index in [-0.39, 0.29) is 13.0 Å². The smallest absolute Gasteiger partial charge is 0.393 e. The monoisotopic (exact) mass is 310 g/mol. The second kappa shape index (κ2) is 7.45. The van der Waals surface area contributed by atoms with Gasteiger partial charge in [0.2, 0.25) is 0 Å². The van der Waals surface area contributed by atoms with Crippen molar-refractivity contribution in [1.82, 2.24) is 4.90 Å². The number of esters is 1. The molecule has 0 aromatic heterocycles. The number of hydrogen-bond donors (Lipinski definition) is 1. The van der Waals surface area contributed by atoms with Crippen molar-refractivity contribution in [2.24, 2.45) is 11.7 Å². The van der Waals surface area contributed by atoms with Crippen LogP contribution in [0.3, 0.4) is 0 Å². The molecule has 1 saturated heterocycles. The molecule has 1 aliphatic rings. The third kappa shape index (κ3) is 5.82. The molecule has 7 heteroatoms. The summed E-state index contributed by atoms with van der Waals surface area (Å²) in [6.07, 6.45) is -1.40. The van der Waals surface area contributed by atoms with Crippen LogP contribution in [0.25, 0.3) is 0 Å². The first-order chi connectivity index (χ1) is 9.66. The Kier molecular flexibility index (Phi) is 6.46. The van der Waals surface area contributed by atoms with Crippen LogP contribution in [0, 0.1) is 5.92 Å². The first kappa shape index (κ1) is 18.2. The molecule has 4 nitrogen and oxygen atoms in total. The van der Waals surface area contributed by atoms with Gasteiger partial charge in [0.15, 0.2) is 0 Å². The number of rotatable bonds is 6. The van der Waals surface area contributed by atoms with E-state index in [0.29, 0.717) is 32.4 Å². The minimum atomic E-state index is -4.10. The predicted octanol–water partition coefficient (Wildman–Crippen LogP) is 2.32. The van der Waals surface area contributed by atoms with Gasteiger partial charge in [0.1, 0.15) is 5.54 Å². The van der Waals surface area contributed by atoms with Crippen LogP contribution in [0.4, 0.5) is 13.2 Å². The van der Waals surface area contributed by atoms with Crippen molar-refractivity contribution in [3.63, 3.8) is 0 Å². The number of nitrogens with two attached hydrogens (primary N) is 1. The van der Waals surface area contributed by atoms with E-state index in [2.05, 4.69) is 4.74 Å². The van der Waals surface area contributed by atoms with Gasteiger partial charge in [-0.05, 0) is 52.1 Å². The number of halogens is 3. The van der Waals surface area contributed by atoms with E-state index in [1.54, 1.807) is 6.92 Å². The van der Waals surface area contributed by atoms with Gasteiger partial charge in [-0.25, -0.2) is 0 Å². The Morgan fingerprint density at radius 1 is 1.38 bits per heavy atom. The van der Waals surface area contributed by atoms with Crippen molar-refractivity contribution in [3.8, 4) is 0 Å². The average Bonchev–Trinajstić information content (AvgIpc) is 2.42. The molecule has 124 valence electrons. The molecule has 1 aliphatic heterocycles. The molecule has 21 heavy (non-hydrogen) atoms. The third-order valence-electron chi connectivity index (χ3n) is 4.04. The van der Waals surface area contributed by atoms with Gasteiger partial charge in [0.05, 0.1) is 13.0 Å². The lowest BCUT2D eigenvalue weighted by Crippen LogP contribution is -2.46. The van der Waals surface area contributed by atoms with E-state index in [1.807, 2.05) is 4.90 Å². The molecule has 1 fully saturated rings. The Morgan fingerprint density at radius 3 is 2.62 bits per heavy atom. The summed E-state index contributed by atoms with van der Waals surface area (Å²) in [6.45, 7) is 3.02. The standard InChI is InChI=1S/C14H25F3N2O2/c1-13(18,12(20)21-2)7-3-4-8-19-9-5-6-11(10-19)14(15,16)17/h11H,3-10,18H2,1-2H3. The van der Waals surface area contributed by atoms with Gasteiger partial charge in [-0.15, -0.1) is 0 Å². The number of ether oxygens (including phenoxy) is 1. The molecule has 0 aromatic rings. The van der Waals surface area contributed by atoms with Crippen molar-refractivity contribution in [1.29, 1.82) is 0 Å².